The molecule has 0 bridgehead atoms. The van der Waals surface area contributed by atoms with E-state index in [0.29, 0.717) is 30.5 Å². The molecular weight excluding hydrogens is 426 g/mol. The van der Waals surface area contributed by atoms with Gasteiger partial charge in [0.2, 0.25) is 5.91 Å². The average Bonchev–Trinajstić information content (AvgIpc) is 3.31. The number of carbonyl (C=O) groups is 2. The van der Waals surface area contributed by atoms with Crippen LogP contribution < -0.4 is 5.32 Å². The minimum Gasteiger partial charge on any atom is -0.393 e. The zero-order valence-electron chi connectivity index (χ0n) is 20.0. The SMILES string of the molecule is CCCNC(=O)C1=Cc2ccc(-c3ccc(C(=O)N4CCCC4)cc3)cc2N=C(C[C@@H](C)O)C1. The average molecular weight is 460 g/mol. The lowest BCUT2D eigenvalue weighted by Gasteiger charge is -2.15. The normalized spacial score (nSPS) is 16.3. The molecule has 1 atom stereocenters. The van der Waals surface area contributed by atoms with E-state index in [-0.39, 0.29) is 11.8 Å². The van der Waals surface area contributed by atoms with E-state index in [9.17, 15) is 14.7 Å². The number of benzene rings is 2. The fourth-order valence-corrected chi connectivity index (χ4v) is 4.48. The maximum atomic E-state index is 12.7. The largest absolute Gasteiger partial charge is 0.393 e. The van der Waals surface area contributed by atoms with Crippen LogP contribution in [0.1, 0.15) is 61.9 Å². The molecule has 0 unspecified atom stereocenters. The zero-order valence-corrected chi connectivity index (χ0v) is 20.0. The van der Waals surface area contributed by atoms with Crippen molar-refractivity contribution < 1.29 is 14.7 Å². The highest BCUT2D eigenvalue weighted by atomic mass is 16.3. The van der Waals surface area contributed by atoms with Gasteiger partial charge >= 0.3 is 0 Å². The molecule has 0 radical (unpaired) electrons. The Hall–Kier alpha value is -3.25. The Bertz CT molecular complexity index is 1110. The van der Waals surface area contributed by atoms with Gasteiger partial charge in [0.15, 0.2) is 0 Å². The molecule has 0 aromatic heterocycles. The first-order chi connectivity index (χ1) is 16.4. The van der Waals surface area contributed by atoms with E-state index < -0.39 is 6.10 Å². The lowest BCUT2D eigenvalue weighted by atomic mass is 9.99. The summed E-state index contributed by atoms with van der Waals surface area (Å²) in [6.45, 7) is 6.06. The van der Waals surface area contributed by atoms with Gasteiger partial charge in [0.1, 0.15) is 0 Å². The summed E-state index contributed by atoms with van der Waals surface area (Å²) in [6.07, 6.45) is 5.22. The maximum absolute atomic E-state index is 12.7. The third-order valence-corrected chi connectivity index (χ3v) is 6.25. The Morgan fingerprint density at radius 3 is 2.47 bits per heavy atom. The number of fused-ring (bicyclic) bond motifs is 1. The van der Waals surface area contributed by atoms with Gasteiger partial charge in [0.25, 0.3) is 5.91 Å². The molecular formula is C28H33N3O3. The molecule has 0 saturated carbocycles. The predicted octanol–water partition coefficient (Wildman–Crippen LogP) is 4.75. The van der Waals surface area contributed by atoms with Crippen molar-refractivity contribution >= 4 is 29.3 Å². The standard InChI is InChI=1S/C28H33N3O3/c1-3-12-29-27(33)24-16-23-11-10-22(18-26(23)30-25(17-24)15-19(2)32)20-6-8-21(9-7-20)28(34)31-13-4-5-14-31/h6-11,16,18-19,32H,3-5,12-15,17H2,1-2H3,(H,29,33)/t19-/m1/s1. The number of rotatable bonds is 7. The molecule has 0 aliphatic carbocycles. The highest BCUT2D eigenvalue weighted by Gasteiger charge is 2.20. The number of hydrogen-bond acceptors (Lipinski definition) is 4. The summed E-state index contributed by atoms with van der Waals surface area (Å²) in [5, 5.41) is 12.9. The van der Waals surface area contributed by atoms with Crippen LogP contribution in [0.4, 0.5) is 5.69 Å². The van der Waals surface area contributed by atoms with Gasteiger partial charge in [-0.3, -0.25) is 14.6 Å². The van der Waals surface area contributed by atoms with E-state index in [2.05, 4.69) is 5.32 Å². The highest BCUT2D eigenvalue weighted by molar-refractivity contribution is 6.06. The lowest BCUT2D eigenvalue weighted by Crippen LogP contribution is -2.27. The van der Waals surface area contributed by atoms with Gasteiger partial charge in [0, 0.05) is 54.9 Å². The van der Waals surface area contributed by atoms with Gasteiger partial charge in [0.05, 0.1) is 11.8 Å². The second-order valence-electron chi connectivity index (χ2n) is 9.18. The summed E-state index contributed by atoms with van der Waals surface area (Å²) in [5.41, 5.74) is 5.81. The summed E-state index contributed by atoms with van der Waals surface area (Å²) < 4.78 is 0. The molecule has 0 spiro atoms. The number of carbonyl (C=O) groups excluding carboxylic acids is 2. The van der Waals surface area contributed by atoms with Crippen LogP contribution in [0.5, 0.6) is 0 Å². The van der Waals surface area contributed by atoms with Crippen LogP contribution in [-0.4, -0.2) is 53.3 Å². The van der Waals surface area contributed by atoms with E-state index >= 15 is 0 Å². The molecule has 2 amide bonds. The second-order valence-corrected chi connectivity index (χ2v) is 9.18. The summed E-state index contributed by atoms with van der Waals surface area (Å²) in [4.78, 5) is 32.1. The Kier molecular flexibility index (Phi) is 7.58. The number of nitrogens with zero attached hydrogens (tertiary/aromatic N) is 2. The summed E-state index contributed by atoms with van der Waals surface area (Å²) in [6, 6.07) is 13.7. The molecule has 6 nitrogen and oxygen atoms in total. The first-order valence-electron chi connectivity index (χ1n) is 12.2. The zero-order chi connectivity index (χ0) is 24.1. The maximum Gasteiger partial charge on any atom is 0.253 e. The highest BCUT2D eigenvalue weighted by Crippen LogP contribution is 2.33. The van der Waals surface area contributed by atoms with Crippen LogP contribution in [-0.2, 0) is 4.79 Å². The number of aliphatic hydroxyl groups excluding tert-OH is 1. The van der Waals surface area contributed by atoms with Crippen molar-refractivity contribution in [1.29, 1.82) is 0 Å². The molecule has 6 heteroatoms. The molecule has 34 heavy (non-hydrogen) atoms. The van der Waals surface area contributed by atoms with E-state index in [1.54, 1.807) is 6.92 Å². The quantitative estimate of drug-likeness (QED) is 0.627. The number of aliphatic hydroxyl groups is 1. The Balaban J connectivity index is 1.62. The van der Waals surface area contributed by atoms with E-state index in [4.69, 9.17) is 4.99 Å². The van der Waals surface area contributed by atoms with E-state index in [1.807, 2.05) is 60.4 Å². The van der Waals surface area contributed by atoms with E-state index in [1.165, 1.54) is 0 Å². The third kappa shape index (κ3) is 5.62. The van der Waals surface area contributed by atoms with Gasteiger partial charge in [-0.05, 0) is 61.6 Å². The van der Waals surface area contributed by atoms with Crippen LogP contribution in [0.15, 0.2) is 53.0 Å². The third-order valence-electron chi connectivity index (χ3n) is 6.25. The van der Waals surface area contributed by atoms with Gasteiger partial charge in [-0.2, -0.15) is 0 Å². The molecule has 1 saturated heterocycles. The molecule has 2 aromatic carbocycles. The van der Waals surface area contributed by atoms with Gasteiger partial charge < -0.3 is 15.3 Å². The number of nitrogens with one attached hydrogen (secondary N) is 1. The summed E-state index contributed by atoms with van der Waals surface area (Å²) >= 11 is 0. The fraction of sp³-hybridized carbons (Fsp3) is 0.393. The van der Waals surface area contributed by atoms with Crippen molar-refractivity contribution in [3.8, 4) is 11.1 Å². The molecule has 2 aliphatic rings. The Labute approximate surface area is 201 Å². The van der Waals surface area contributed by atoms with Crippen molar-refractivity contribution in [1.82, 2.24) is 10.2 Å². The smallest absolute Gasteiger partial charge is 0.253 e. The van der Waals surface area contributed by atoms with Crippen LogP contribution in [0.25, 0.3) is 17.2 Å². The van der Waals surface area contributed by atoms with Crippen LogP contribution in [0.2, 0.25) is 0 Å². The first-order valence-corrected chi connectivity index (χ1v) is 12.2. The van der Waals surface area contributed by atoms with Crippen LogP contribution in [0.3, 0.4) is 0 Å². The topological polar surface area (TPSA) is 82.0 Å². The molecule has 2 aromatic rings. The van der Waals surface area contributed by atoms with Gasteiger partial charge in [-0.25, -0.2) is 0 Å². The van der Waals surface area contributed by atoms with Crippen molar-refractivity contribution in [3.63, 3.8) is 0 Å². The lowest BCUT2D eigenvalue weighted by molar-refractivity contribution is -0.117. The summed E-state index contributed by atoms with van der Waals surface area (Å²) in [7, 11) is 0. The minimum atomic E-state index is -0.538. The van der Waals surface area contributed by atoms with Gasteiger partial charge in [-0.1, -0.05) is 31.2 Å². The van der Waals surface area contributed by atoms with Crippen LogP contribution in [0, 0.1) is 0 Å². The van der Waals surface area contributed by atoms with E-state index in [0.717, 1.165) is 60.4 Å². The van der Waals surface area contributed by atoms with Crippen molar-refractivity contribution in [2.45, 2.75) is 52.1 Å². The molecule has 178 valence electrons. The first kappa shape index (κ1) is 23.9. The number of likely N-dealkylation sites (tertiary alicyclic amines) is 1. The number of amides is 2. The molecule has 1 fully saturated rings. The monoisotopic (exact) mass is 459 g/mol. The molecule has 2 heterocycles. The number of hydrogen-bond donors (Lipinski definition) is 2. The fourth-order valence-electron chi connectivity index (χ4n) is 4.48. The van der Waals surface area contributed by atoms with Crippen LogP contribution >= 0.6 is 0 Å². The Morgan fingerprint density at radius 1 is 1.09 bits per heavy atom. The molecule has 4 rings (SSSR count). The Morgan fingerprint density at radius 2 is 1.79 bits per heavy atom. The molecule has 2 aliphatic heterocycles. The van der Waals surface area contributed by atoms with Crippen molar-refractivity contribution in [3.05, 3.63) is 59.2 Å². The summed E-state index contributed by atoms with van der Waals surface area (Å²) in [5.74, 6) is 0.00712. The molecule has 2 N–H and O–H groups in total. The predicted molar refractivity (Wildman–Crippen MR) is 136 cm³/mol. The number of aliphatic imine (C=N–C) groups is 1. The van der Waals surface area contributed by atoms with Crippen molar-refractivity contribution in [2.24, 2.45) is 4.99 Å². The minimum absolute atomic E-state index is 0.0877. The second kappa shape index (κ2) is 10.8. The van der Waals surface area contributed by atoms with Crippen molar-refractivity contribution in [2.75, 3.05) is 19.6 Å². The van der Waals surface area contributed by atoms with Gasteiger partial charge in [-0.15, -0.1) is 0 Å².